The fourth-order valence-electron chi connectivity index (χ4n) is 4.12. The van der Waals surface area contributed by atoms with Gasteiger partial charge < -0.3 is 10.6 Å². The van der Waals surface area contributed by atoms with E-state index >= 15 is 0 Å². The van der Waals surface area contributed by atoms with E-state index in [1.54, 1.807) is 0 Å². The second kappa shape index (κ2) is 6.52. The van der Waals surface area contributed by atoms with Gasteiger partial charge in [0.1, 0.15) is 0 Å². The minimum Gasteiger partial charge on any atom is -0.330 e. The number of hydrogen-bond donors (Lipinski definition) is 1. The molecule has 2 fully saturated rings. The molecule has 1 saturated carbocycles. The molecule has 2 amide bonds. The van der Waals surface area contributed by atoms with Crippen LogP contribution in [0.15, 0.2) is 24.3 Å². The van der Waals surface area contributed by atoms with Crippen molar-refractivity contribution in [2.45, 2.75) is 57.4 Å². The maximum absolute atomic E-state index is 12.6. The number of amides is 2. The van der Waals surface area contributed by atoms with Crippen molar-refractivity contribution in [1.82, 2.24) is 4.90 Å². The van der Waals surface area contributed by atoms with Crippen molar-refractivity contribution in [2.24, 2.45) is 5.73 Å². The van der Waals surface area contributed by atoms with Crippen LogP contribution in [0.5, 0.6) is 0 Å². The lowest BCUT2D eigenvalue weighted by Gasteiger charge is -2.37. The van der Waals surface area contributed by atoms with Gasteiger partial charge in [-0.1, -0.05) is 31.4 Å². The van der Waals surface area contributed by atoms with Crippen LogP contribution in [0.4, 0.5) is 10.5 Å². The third kappa shape index (κ3) is 2.97. The molecule has 1 aliphatic heterocycles. The summed E-state index contributed by atoms with van der Waals surface area (Å²) in [6.07, 6.45) is 6.16. The third-order valence-corrected chi connectivity index (χ3v) is 5.64. The first-order valence-corrected chi connectivity index (χ1v) is 8.96. The van der Waals surface area contributed by atoms with Gasteiger partial charge in [-0.25, -0.2) is 4.79 Å². The SMILES string of the molecule is CC(C)N1CCN(c2cccc(C3(CN)CCCCC3)c2)C1=O. The summed E-state index contributed by atoms with van der Waals surface area (Å²) < 4.78 is 0. The number of nitrogens with zero attached hydrogens (tertiary/aromatic N) is 2. The van der Waals surface area contributed by atoms with Crippen LogP contribution in [0, 0.1) is 0 Å². The maximum Gasteiger partial charge on any atom is 0.324 e. The van der Waals surface area contributed by atoms with Crippen LogP contribution in [-0.4, -0.2) is 36.6 Å². The van der Waals surface area contributed by atoms with E-state index in [9.17, 15) is 4.79 Å². The summed E-state index contributed by atoms with van der Waals surface area (Å²) in [4.78, 5) is 16.5. The maximum atomic E-state index is 12.6. The first-order chi connectivity index (χ1) is 11.1. The molecule has 0 radical (unpaired) electrons. The highest BCUT2D eigenvalue weighted by molar-refractivity contribution is 5.94. The van der Waals surface area contributed by atoms with Gasteiger partial charge in [-0.05, 0) is 44.4 Å². The summed E-state index contributed by atoms with van der Waals surface area (Å²) in [6.45, 7) is 6.42. The number of anilines is 1. The fraction of sp³-hybridized carbons (Fsp3) is 0.632. The second-order valence-electron chi connectivity index (χ2n) is 7.32. The predicted octanol–water partition coefficient (Wildman–Crippen LogP) is 3.50. The standard InChI is InChI=1S/C19H29N3O/c1-15(2)21-11-12-22(18(21)23)17-8-6-7-16(13-17)19(14-20)9-4-3-5-10-19/h6-8,13,15H,3-5,9-12,14,20H2,1-2H3. The molecule has 1 aromatic carbocycles. The molecule has 4 heteroatoms. The van der Waals surface area contributed by atoms with Crippen LogP contribution in [0.3, 0.4) is 0 Å². The van der Waals surface area contributed by atoms with Gasteiger partial charge in [0.25, 0.3) is 0 Å². The second-order valence-corrected chi connectivity index (χ2v) is 7.32. The highest BCUT2D eigenvalue weighted by atomic mass is 16.2. The van der Waals surface area contributed by atoms with E-state index in [2.05, 4.69) is 38.1 Å². The molecule has 126 valence electrons. The Hall–Kier alpha value is -1.55. The third-order valence-electron chi connectivity index (χ3n) is 5.64. The van der Waals surface area contributed by atoms with Crippen molar-refractivity contribution >= 4 is 11.7 Å². The molecule has 1 heterocycles. The minimum atomic E-state index is 0.106. The van der Waals surface area contributed by atoms with Gasteiger partial charge in [0, 0.05) is 36.8 Å². The van der Waals surface area contributed by atoms with Crippen molar-refractivity contribution in [3.8, 4) is 0 Å². The Morgan fingerprint density at radius 3 is 2.52 bits per heavy atom. The lowest BCUT2D eigenvalue weighted by Crippen LogP contribution is -2.38. The smallest absolute Gasteiger partial charge is 0.324 e. The van der Waals surface area contributed by atoms with Crippen molar-refractivity contribution in [3.63, 3.8) is 0 Å². The van der Waals surface area contributed by atoms with Crippen LogP contribution in [0.2, 0.25) is 0 Å². The Balaban J connectivity index is 1.87. The normalized spacial score (nSPS) is 21.3. The van der Waals surface area contributed by atoms with Crippen molar-refractivity contribution in [2.75, 3.05) is 24.5 Å². The molecule has 0 bridgehead atoms. The summed E-state index contributed by atoms with van der Waals surface area (Å²) >= 11 is 0. The summed E-state index contributed by atoms with van der Waals surface area (Å²) in [7, 11) is 0. The molecule has 1 saturated heterocycles. The molecule has 0 atom stereocenters. The first-order valence-electron chi connectivity index (χ1n) is 8.96. The van der Waals surface area contributed by atoms with Crippen molar-refractivity contribution in [3.05, 3.63) is 29.8 Å². The van der Waals surface area contributed by atoms with Gasteiger partial charge in [0.15, 0.2) is 0 Å². The van der Waals surface area contributed by atoms with Crippen molar-refractivity contribution in [1.29, 1.82) is 0 Å². The van der Waals surface area contributed by atoms with Crippen LogP contribution in [0.25, 0.3) is 0 Å². The summed E-state index contributed by atoms with van der Waals surface area (Å²) in [6, 6.07) is 8.93. The zero-order chi connectivity index (χ0) is 16.4. The fourth-order valence-corrected chi connectivity index (χ4v) is 4.12. The summed E-state index contributed by atoms with van der Waals surface area (Å²) in [5.74, 6) is 0. The predicted molar refractivity (Wildman–Crippen MR) is 94.8 cm³/mol. The van der Waals surface area contributed by atoms with E-state index in [1.807, 2.05) is 9.80 Å². The Morgan fingerprint density at radius 1 is 1.17 bits per heavy atom. The number of nitrogens with two attached hydrogens (primary N) is 1. The van der Waals surface area contributed by atoms with Crippen LogP contribution >= 0.6 is 0 Å². The van der Waals surface area contributed by atoms with Crippen molar-refractivity contribution < 1.29 is 4.79 Å². The number of carbonyl (C=O) groups is 1. The van der Waals surface area contributed by atoms with E-state index in [1.165, 1.54) is 37.7 Å². The minimum absolute atomic E-state index is 0.106. The van der Waals surface area contributed by atoms with E-state index in [-0.39, 0.29) is 17.5 Å². The number of rotatable bonds is 4. The topological polar surface area (TPSA) is 49.6 Å². The van der Waals surface area contributed by atoms with Gasteiger partial charge in [-0.2, -0.15) is 0 Å². The molecule has 0 unspecified atom stereocenters. The molecule has 1 aliphatic carbocycles. The molecule has 2 aliphatic rings. The van der Waals surface area contributed by atoms with Gasteiger partial charge in [-0.3, -0.25) is 4.90 Å². The van der Waals surface area contributed by atoms with E-state index in [4.69, 9.17) is 5.73 Å². The van der Waals surface area contributed by atoms with Crippen LogP contribution in [0.1, 0.15) is 51.5 Å². The number of benzene rings is 1. The molecule has 0 aromatic heterocycles. The average Bonchev–Trinajstić information content (AvgIpc) is 2.97. The number of hydrogen-bond acceptors (Lipinski definition) is 2. The Morgan fingerprint density at radius 2 is 1.91 bits per heavy atom. The number of urea groups is 1. The monoisotopic (exact) mass is 315 g/mol. The van der Waals surface area contributed by atoms with Gasteiger partial charge in [-0.15, -0.1) is 0 Å². The molecule has 4 nitrogen and oxygen atoms in total. The molecule has 0 spiro atoms. The summed E-state index contributed by atoms with van der Waals surface area (Å²) in [5, 5.41) is 0. The van der Waals surface area contributed by atoms with Crippen LogP contribution in [-0.2, 0) is 5.41 Å². The lowest BCUT2D eigenvalue weighted by atomic mass is 9.69. The van der Waals surface area contributed by atoms with Gasteiger partial charge >= 0.3 is 6.03 Å². The lowest BCUT2D eigenvalue weighted by molar-refractivity contribution is 0.209. The Bertz CT molecular complexity index is 563. The average molecular weight is 315 g/mol. The molecule has 23 heavy (non-hydrogen) atoms. The van der Waals surface area contributed by atoms with Gasteiger partial charge in [0.05, 0.1) is 0 Å². The van der Waals surface area contributed by atoms with E-state index < -0.39 is 0 Å². The quantitative estimate of drug-likeness (QED) is 0.924. The largest absolute Gasteiger partial charge is 0.330 e. The van der Waals surface area contributed by atoms with E-state index in [0.717, 1.165) is 18.8 Å². The zero-order valence-corrected chi connectivity index (χ0v) is 14.4. The zero-order valence-electron chi connectivity index (χ0n) is 14.4. The first kappa shape index (κ1) is 16.3. The molecular weight excluding hydrogens is 286 g/mol. The Kier molecular flexibility index (Phi) is 4.62. The molecule has 2 N–H and O–H groups in total. The molecule has 3 rings (SSSR count). The Labute approximate surface area is 139 Å². The highest BCUT2D eigenvalue weighted by Gasteiger charge is 2.35. The van der Waals surface area contributed by atoms with E-state index in [0.29, 0.717) is 6.54 Å². The molecular formula is C19H29N3O. The number of carbonyl (C=O) groups excluding carboxylic acids is 1. The van der Waals surface area contributed by atoms with Crippen LogP contribution < -0.4 is 10.6 Å². The summed E-state index contributed by atoms with van der Waals surface area (Å²) in [5.41, 5.74) is 8.62. The van der Waals surface area contributed by atoms with Gasteiger partial charge in [0.2, 0.25) is 0 Å². The molecule has 1 aromatic rings. The highest BCUT2D eigenvalue weighted by Crippen LogP contribution is 2.40.